The van der Waals surface area contributed by atoms with Gasteiger partial charge in [0, 0.05) is 49.4 Å². The fourth-order valence-corrected chi connectivity index (χ4v) is 4.44. The maximum atomic E-state index is 13.0. The minimum atomic E-state index is -0.0461. The first kappa shape index (κ1) is 17.3. The summed E-state index contributed by atoms with van der Waals surface area (Å²) in [5.41, 5.74) is 2.98. The Morgan fingerprint density at radius 2 is 2.15 bits per heavy atom. The van der Waals surface area contributed by atoms with Crippen molar-refractivity contribution in [3.8, 4) is 0 Å². The number of likely N-dealkylation sites (tertiary alicyclic amines) is 1. The predicted molar refractivity (Wildman–Crippen MR) is 103 cm³/mol. The van der Waals surface area contributed by atoms with Gasteiger partial charge in [-0.1, -0.05) is 17.7 Å². The van der Waals surface area contributed by atoms with Gasteiger partial charge in [-0.2, -0.15) is 0 Å². The monoisotopic (exact) mass is 370 g/mol. The van der Waals surface area contributed by atoms with Crippen LogP contribution in [-0.4, -0.2) is 48.0 Å². The second-order valence-corrected chi connectivity index (χ2v) is 8.00. The molecule has 1 amide bonds. The molecule has 1 aliphatic carbocycles. The highest BCUT2D eigenvalue weighted by Crippen LogP contribution is 2.44. The number of hydrogen-bond donors (Lipinski definition) is 0. The fraction of sp³-hybridized carbons (Fsp3) is 0.450. The SMILES string of the molecule is CN(C)c1ncc2c(n1)C1(CCCN(C(=O)c3cccc(Cl)c3)C1)CC2. The molecule has 26 heavy (non-hydrogen) atoms. The molecule has 1 fully saturated rings. The summed E-state index contributed by atoms with van der Waals surface area (Å²) >= 11 is 6.07. The lowest BCUT2D eigenvalue weighted by Gasteiger charge is -2.40. The van der Waals surface area contributed by atoms with E-state index in [1.54, 1.807) is 12.1 Å². The molecule has 2 heterocycles. The summed E-state index contributed by atoms with van der Waals surface area (Å²) in [6.07, 6.45) is 6.05. The molecule has 4 rings (SSSR count). The lowest BCUT2D eigenvalue weighted by atomic mass is 9.77. The molecule has 6 heteroatoms. The average molecular weight is 371 g/mol. The molecule has 1 aliphatic heterocycles. The van der Waals surface area contributed by atoms with Crippen LogP contribution in [0.3, 0.4) is 0 Å². The van der Waals surface area contributed by atoms with E-state index < -0.39 is 0 Å². The van der Waals surface area contributed by atoms with Gasteiger partial charge >= 0.3 is 0 Å². The molecule has 5 nitrogen and oxygen atoms in total. The van der Waals surface area contributed by atoms with Crippen LogP contribution in [0.4, 0.5) is 5.95 Å². The zero-order chi connectivity index (χ0) is 18.3. The smallest absolute Gasteiger partial charge is 0.253 e. The topological polar surface area (TPSA) is 49.3 Å². The highest BCUT2D eigenvalue weighted by Gasteiger charge is 2.45. The van der Waals surface area contributed by atoms with Crippen molar-refractivity contribution in [1.82, 2.24) is 14.9 Å². The number of rotatable bonds is 2. The van der Waals surface area contributed by atoms with Crippen molar-refractivity contribution in [3.05, 3.63) is 52.3 Å². The van der Waals surface area contributed by atoms with Crippen molar-refractivity contribution in [2.75, 3.05) is 32.1 Å². The zero-order valence-corrected chi connectivity index (χ0v) is 16.0. The molecule has 1 unspecified atom stereocenters. The number of amides is 1. The first-order valence-corrected chi connectivity index (χ1v) is 9.45. The van der Waals surface area contributed by atoms with Gasteiger partial charge in [-0.05, 0) is 49.4 Å². The van der Waals surface area contributed by atoms with Crippen LogP contribution in [0.2, 0.25) is 5.02 Å². The van der Waals surface area contributed by atoms with E-state index in [0.717, 1.165) is 50.4 Å². The van der Waals surface area contributed by atoms with E-state index in [1.807, 2.05) is 42.2 Å². The van der Waals surface area contributed by atoms with Gasteiger partial charge in [0.05, 0.1) is 5.69 Å². The lowest BCUT2D eigenvalue weighted by molar-refractivity contribution is 0.0633. The molecular weight excluding hydrogens is 348 g/mol. The first-order chi connectivity index (χ1) is 12.5. The van der Waals surface area contributed by atoms with Crippen LogP contribution in [0, 0.1) is 0 Å². The number of fused-ring (bicyclic) bond motifs is 2. The van der Waals surface area contributed by atoms with Gasteiger partial charge in [0.2, 0.25) is 5.95 Å². The van der Waals surface area contributed by atoms with Crippen LogP contribution in [0.25, 0.3) is 0 Å². The Balaban J connectivity index is 1.64. The van der Waals surface area contributed by atoms with Crippen LogP contribution < -0.4 is 4.90 Å². The molecule has 1 spiro atoms. The summed E-state index contributed by atoms with van der Waals surface area (Å²) in [6, 6.07) is 7.21. The molecule has 136 valence electrons. The quantitative estimate of drug-likeness (QED) is 0.813. The van der Waals surface area contributed by atoms with E-state index in [0.29, 0.717) is 10.6 Å². The predicted octanol–water partition coefficient (Wildman–Crippen LogP) is 3.32. The molecule has 2 aromatic rings. The number of nitrogens with zero attached hydrogens (tertiary/aromatic N) is 4. The second-order valence-electron chi connectivity index (χ2n) is 7.56. The summed E-state index contributed by atoms with van der Waals surface area (Å²) in [4.78, 5) is 26.2. The Hall–Kier alpha value is -2.14. The summed E-state index contributed by atoms with van der Waals surface area (Å²) in [5, 5.41) is 0.595. The largest absolute Gasteiger partial charge is 0.347 e. The Morgan fingerprint density at radius 3 is 2.92 bits per heavy atom. The fourth-order valence-electron chi connectivity index (χ4n) is 4.25. The van der Waals surface area contributed by atoms with E-state index in [9.17, 15) is 4.79 Å². The number of anilines is 1. The van der Waals surface area contributed by atoms with Gasteiger partial charge in [-0.15, -0.1) is 0 Å². The number of halogens is 1. The Bertz CT molecular complexity index is 849. The number of carbonyl (C=O) groups excluding carboxylic acids is 1. The van der Waals surface area contributed by atoms with Crippen LogP contribution >= 0.6 is 11.6 Å². The van der Waals surface area contributed by atoms with Gasteiger partial charge in [0.15, 0.2) is 0 Å². The number of piperidine rings is 1. The number of benzene rings is 1. The molecule has 0 N–H and O–H groups in total. The van der Waals surface area contributed by atoms with Crippen molar-refractivity contribution < 1.29 is 4.79 Å². The van der Waals surface area contributed by atoms with Gasteiger partial charge in [0.25, 0.3) is 5.91 Å². The van der Waals surface area contributed by atoms with Crippen LogP contribution in [0.5, 0.6) is 0 Å². The minimum absolute atomic E-state index is 0.0461. The molecular formula is C20H23ClN4O. The Labute approximate surface area is 159 Å². The third kappa shape index (κ3) is 2.94. The summed E-state index contributed by atoms with van der Waals surface area (Å²) in [7, 11) is 3.92. The number of hydrogen-bond acceptors (Lipinski definition) is 4. The maximum Gasteiger partial charge on any atom is 0.253 e. The van der Waals surface area contributed by atoms with Gasteiger partial charge in [-0.3, -0.25) is 4.79 Å². The molecule has 1 aromatic heterocycles. The van der Waals surface area contributed by atoms with E-state index >= 15 is 0 Å². The molecule has 1 aromatic carbocycles. The first-order valence-electron chi connectivity index (χ1n) is 9.07. The van der Waals surface area contributed by atoms with E-state index in [1.165, 1.54) is 5.56 Å². The number of carbonyl (C=O) groups is 1. The van der Waals surface area contributed by atoms with Crippen molar-refractivity contribution in [2.24, 2.45) is 0 Å². The van der Waals surface area contributed by atoms with E-state index in [4.69, 9.17) is 16.6 Å². The number of aromatic nitrogens is 2. The average Bonchev–Trinajstić information content (AvgIpc) is 2.98. The van der Waals surface area contributed by atoms with Crippen molar-refractivity contribution in [1.29, 1.82) is 0 Å². The molecule has 1 atom stereocenters. The van der Waals surface area contributed by atoms with Crippen LogP contribution in [0.15, 0.2) is 30.5 Å². The van der Waals surface area contributed by atoms with E-state index in [2.05, 4.69) is 4.98 Å². The van der Waals surface area contributed by atoms with Gasteiger partial charge in [0.1, 0.15) is 0 Å². The third-order valence-corrected chi connectivity index (χ3v) is 5.80. The third-order valence-electron chi connectivity index (χ3n) is 5.56. The Kier molecular flexibility index (Phi) is 4.35. The maximum absolute atomic E-state index is 13.0. The van der Waals surface area contributed by atoms with Crippen LogP contribution in [-0.2, 0) is 11.8 Å². The second kappa shape index (κ2) is 6.54. The standard InChI is InChI=1S/C20H23ClN4O/c1-24(2)19-22-12-15-7-9-20(17(15)23-19)8-4-10-25(13-20)18(26)14-5-3-6-16(21)11-14/h3,5-6,11-12H,4,7-10,13H2,1-2H3. The molecule has 0 radical (unpaired) electrons. The van der Waals surface area contributed by atoms with Crippen molar-refractivity contribution >= 4 is 23.5 Å². The van der Waals surface area contributed by atoms with Crippen LogP contribution in [0.1, 0.15) is 40.9 Å². The van der Waals surface area contributed by atoms with Gasteiger partial charge < -0.3 is 9.80 Å². The normalized spacial score (nSPS) is 21.7. The van der Waals surface area contributed by atoms with E-state index in [-0.39, 0.29) is 11.3 Å². The highest BCUT2D eigenvalue weighted by atomic mass is 35.5. The molecule has 0 saturated carbocycles. The highest BCUT2D eigenvalue weighted by molar-refractivity contribution is 6.30. The van der Waals surface area contributed by atoms with Gasteiger partial charge in [-0.25, -0.2) is 9.97 Å². The summed E-state index contributed by atoms with van der Waals surface area (Å²) in [5.74, 6) is 0.797. The molecule has 0 bridgehead atoms. The van der Waals surface area contributed by atoms with Crippen molar-refractivity contribution in [3.63, 3.8) is 0 Å². The minimum Gasteiger partial charge on any atom is -0.347 e. The lowest BCUT2D eigenvalue weighted by Crippen LogP contribution is -2.48. The Morgan fingerprint density at radius 1 is 1.31 bits per heavy atom. The molecule has 2 aliphatic rings. The number of aryl methyl sites for hydroxylation is 1. The van der Waals surface area contributed by atoms with Crippen molar-refractivity contribution in [2.45, 2.75) is 31.1 Å². The molecule has 1 saturated heterocycles. The zero-order valence-electron chi connectivity index (χ0n) is 15.2. The summed E-state index contributed by atoms with van der Waals surface area (Å²) in [6.45, 7) is 1.50. The summed E-state index contributed by atoms with van der Waals surface area (Å²) < 4.78 is 0.